The first-order chi connectivity index (χ1) is 7.90. The number of halogens is 1. The Morgan fingerprint density at radius 1 is 0.750 bits per heavy atom. The molecule has 3 aromatic carbocycles. The van der Waals surface area contributed by atoms with Crippen molar-refractivity contribution in [1.82, 2.24) is 0 Å². The second kappa shape index (κ2) is 3.80. The van der Waals surface area contributed by atoms with Crippen LogP contribution in [-0.4, -0.2) is 0 Å². The van der Waals surface area contributed by atoms with E-state index in [1.807, 2.05) is 0 Å². The van der Waals surface area contributed by atoms with E-state index in [9.17, 15) is 0 Å². The van der Waals surface area contributed by atoms with Gasteiger partial charge in [-0.2, -0.15) is 0 Å². The van der Waals surface area contributed by atoms with Crippen LogP contribution in [0.2, 0.25) is 0 Å². The number of fused-ring (bicyclic) bond motifs is 3. The molecule has 78 valence electrons. The summed E-state index contributed by atoms with van der Waals surface area (Å²) >= 11 is 6.01. The third kappa shape index (κ3) is 1.38. The third-order valence-corrected chi connectivity index (χ3v) is 3.29. The lowest BCUT2D eigenvalue weighted by Crippen LogP contribution is -1.84. The van der Waals surface area contributed by atoms with E-state index in [1.165, 1.54) is 27.1 Å². The molecule has 1 heteroatoms. The van der Waals surface area contributed by atoms with E-state index in [2.05, 4.69) is 54.6 Å². The van der Waals surface area contributed by atoms with Crippen LogP contribution in [0.3, 0.4) is 0 Å². The molecule has 3 rings (SSSR count). The lowest BCUT2D eigenvalue weighted by atomic mass is 9.98. The van der Waals surface area contributed by atoms with Gasteiger partial charge in [-0.15, -0.1) is 11.6 Å². The van der Waals surface area contributed by atoms with Crippen LogP contribution in [0, 0.1) is 0 Å². The molecule has 0 unspecified atom stereocenters. The van der Waals surface area contributed by atoms with Gasteiger partial charge >= 0.3 is 0 Å². The van der Waals surface area contributed by atoms with Crippen LogP contribution in [0.25, 0.3) is 21.5 Å². The second-order valence-electron chi connectivity index (χ2n) is 3.94. The highest BCUT2D eigenvalue weighted by molar-refractivity contribution is 6.19. The van der Waals surface area contributed by atoms with Crippen LogP contribution in [0.15, 0.2) is 54.6 Å². The summed E-state index contributed by atoms with van der Waals surface area (Å²) in [4.78, 5) is 0. The maximum Gasteiger partial charge on any atom is 0.0480 e. The Bertz CT molecular complexity index is 656. The number of rotatable bonds is 1. The first-order valence-corrected chi connectivity index (χ1v) is 5.89. The highest BCUT2D eigenvalue weighted by atomic mass is 35.5. The summed E-state index contributed by atoms with van der Waals surface area (Å²) in [5.41, 5.74) is 1.20. The molecule has 0 aliphatic heterocycles. The van der Waals surface area contributed by atoms with Crippen LogP contribution in [0.5, 0.6) is 0 Å². The van der Waals surface area contributed by atoms with E-state index >= 15 is 0 Å². The normalized spacial score (nSPS) is 11.1. The Labute approximate surface area is 99.5 Å². The summed E-state index contributed by atoms with van der Waals surface area (Å²) < 4.78 is 0. The molecule has 0 saturated heterocycles. The van der Waals surface area contributed by atoms with Crippen LogP contribution >= 0.6 is 11.6 Å². The minimum atomic E-state index is 0.561. The first-order valence-electron chi connectivity index (χ1n) is 5.35. The highest BCUT2D eigenvalue weighted by Gasteiger charge is 2.04. The zero-order valence-corrected chi connectivity index (χ0v) is 9.54. The van der Waals surface area contributed by atoms with Crippen molar-refractivity contribution in [2.75, 3.05) is 0 Å². The summed E-state index contributed by atoms with van der Waals surface area (Å²) in [5.74, 6) is 0.561. The molecule has 0 atom stereocenters. The molecule has 0 fully saturated rings. The van der Waals surface area contributed by atoms with Crippen molar-refractivity contribution in [3.63, 3.8) is 0 Å². The molecule has 0 aliphatic carbocycles. The quantitative estimate of drug-likeness (QED) is 0.416. The minimum Gasteiger partial charge on any atom is -0.122 e. The zero-order chi connectivity index (χ0) is 11.0. The van der Waals surface area contributed by atoms with Gasteiger partial charge < -0.3 is 0 Å². The van der Waals surface area contributed by atoms with Crippen molar-refractivity contribution >= 4 is 33.1 Å². The molecule has 0 nitrogen and oxygen atoms in total. The summed E-state index contributed by atoms with van der Waals surface area (Å²) in [6, 6.07) is 19.1. The van der Waals surface area contributed by atoms with E-state index < -0.39 is 0 Å². The van der Waals surface area contributed by atoms with E-state index in [4.69, 9.17) is 11.6 Å². The lowest BCUT2D eigenvalue weighted by molar-refractivity contribution is 1.47. The van der Waals surface area contributed by atoms with Gasteiger partial charge in [-0.1, -0.05) is 48.5 Å². The van der Waals surface area contributed by atoms with E-state index in [0.29, 0.717) is 5.88 Å². The van der Waals surface area contributed by atoms with Crippen molar-refractivity contribution in [1.29, 1.82) is 0 Å². The molecule has 0 saturated carbocycles. The maximum atomic E-state index is 6.01. The molecule has 0 aromatic heterocycles. The standard InChI is InChI=1S/C15H11Cl/c16-10-12-9-11-5-1-2-6-13(11)15-8-4-3-7-14(12)15/h1-9H,10H2. The molecular weight excluding hydrogens is 216 g/mol. The summed E-state index contributed by atoms with van der Waals surface area (Å²) in [7, 11) is 0. The highest BCUT2D eigenvalue weighted by Crippen LogP contribution is 2.29. The zero-order valence-electron chi connectivity index (χ0n) is 8.78. The Morgan fingerprint density at radius 3 is 2.12 bits per heavy atom. The second-order valence-corrected chi connectivity index (χ2v) is 4.20. The molecule has 0 aliphatic rings. The Hall–Kier alpha value is -1.53. The summed E-state index contributed by atoms with van der Waals surface area (Å²) in [5, 5.41) is 5.11. The van der Waals surface area contributed by atoms with Gasteiger partial charge in [0.2, 0.25) is 0 Å². The van der Waals surface area contributed by atoms with Gasteiger partial charge in [0.05, 0.1) is 0 Å². The smallest absolute Gasteiger partial charge is 0.0480 e. The van der Waals surface area contributed by atoms with E-state index in [-0.39, 0.29) is 0 Å². The largest absolute Gasteiger partial charge is 0.122 e. The molecule has 0 heterocycles. The van der Waals surface area contributed by atoms with Gasteiger partial charge in [-0.05, 0) is 33.2 Å². The molecule has 0 N–H and O–H groups in total. The third-order valence-electron chi connectivity index (χ3n) is 3.00. The fourth-order valence-electron chi connectivity index (χ4n) is 2.24. The molecule has 0 radical (unpaired) electrons. The van der Waals surface area contributed by atoms with Crippen molar-refractivity contribution in [3.8, 4) is 0 Å². The predicted octanol–water partition coefficient (Wildman–Crippen LogP) is 4.73. The topological polar surface area (TPSA) is 0 Å². The van der Waals surface area contributed by atoms with Gasteiger partial charge in [-0.25, -0.2) is 0 Å². The average Bonchev–Trinajstić information content (AvgIpc) is 2.38. The SMILES string of the molecule is ClCc1cc2ccccc2c2ccccc12. The molecular formula is C15H11Cl. The van der Waals surface area contributed by atoms with Crippen molar-refractivity contribution in [2.45, 2.75) is 5.88 Å². The van der Waals surface area contributed by atoms with Crippen LogP contribution < -0.4 is 0 Å². The molecule has 0 bridgehead atoms. The van der Waals surface area contributed by atoms with E-state index in [0.717, 1.165) is 0 Å². The molecule has 0 amide bonds. The first kappa shape index (κ1) is 9.68. The Morgan fingerprint density at radius 2 is 1.38 bits per heavy atom. The average molecular weight is 227 g/mol. The summed E-state index contributed by atoms with van der Waals surface area (Å²) in [6.45, 7) is 0. The van der Waals surface area contributed by atoms with Gasteiger partial charge in [0.25, 0.3) is 0 Å². The summed E-state index contributed by atoms with van der Waals surface area (Å²) in [6.07, 6.45) is 0. The lowest BCUT2D eigenvalue weighted by Gasteiger charge is -2.07. The monoisotopic (exact) mass is 226 g/mol. The number of hydrogen-bond acceptors (Lipinski definition) is 0. The minimum absolute atomic E-state index is 0.561. The van der Waals surface area contributed by atoms with Gasteiger partial charge in [-0.3, -0.25) is 0 Å². The Balaban J connectivity index is 2.57. The van der Waals surface area contributed by atoms with Crippen molar-refractivity contribution in [2.24, 2.45) is 0 Å². The molecule has 16 heavy (non-hydrogen) atoms. The fraction of sp³-hybridized carbons (Fsp3) is 0.0667. The molecule has 0 spiro atoms. The van der Waals surface area contributed by atoms with E-state index in [1.54, 1.807) is 0 Å². The fourth-order valence-corrected chi connectivity index (χ4v) is 2.46. The predicted molar refractivity (Wildman–Crippen MR) is 71.0 cm³/mol. The van der Waals surface area contributed by atoms with Gasteiger partial charge in [0.1, 0.15) is 0 Å². The van der Waals surface area contributed by atoms with Crippen LogP contribution in [-0.2, 0) is 5.88 Å². The Kier molecular flexibility index (Phi) is 2.30. The number of hydrogen-bond donors (Lipinski definition) is 0. The number of alkyl halides is 1. The van der Waals surface area contributed by atoms with Crippen molar-refractivity contribution in [3.05, 3.63) is 60.2 Å². The van der Waals surface area contributed by atoms with Crippen LogP contribution in [0.4, 0.5) is 0 Å². The van der Waals surface area contributed by atoms with Crippen LogP contribution in [0.1, 0.15) is 5.56 Å². The number of benzene rings is 3. The maximum absolute atomic E-state index is 6.01. The van der Waals surface area contributed by atoms with Crippen molar-refractivity contribution < 1.29 is 0 Å². The molecule has 3 aromatic rings. The van der Waals surface area contributed by atoms with Gasteiger partial charge in [0, 0.05) is 5.88 Å². The van der Waals surface area contributed by atoms with Gasteiger partial charge in [0.15, 0.2) is 0 Å².